The maximum Gasteiger partial charge on any atom is 0.429 e. The van der Waals surface area contributed by atoms with Crippen molar-refractivity contribution in [2.24, 2.45) is 0 Å². The van der Waals surface area contributed by atoms with Crippen LogP contribution >= 0.6 is 0 Å². The summed E-state index contributed by atoms with van der Waals surface area (Å²) in [4.78, 5) is 24.8. The summed E-state index contributed by atoms with van der Waals surface area (Å²) in [6.07, 6.45) is -1.08. The third-order valence-electron chi connectivity index (χ3n) is 2.85. The zero-order valence-electron chi connectivity index (χ0n) is 15.9. The Bertz CT molecular complexity index is 604. The Morgan fingerprint density at radius 3 is 1.76 bits per heavy atom. The van der Waals surface area contributed by atoms with E-state index in [0.717, 1.165) is 16.3 Å². The number of carbonyl (C=O) groups is 2. The summed E-state index contributed by atoms with van der Waals surface area (Å²) < 4.78 is 38.3. The van der Waals surface area contributed by atoms with Crippen LogP contribution in [0.2, 0.25) is 0 Å². The molecule has 1 fully saturated rings. The van der Waals surface area contributed by atoms with Crippen molar-refractivity contribution in [3.8, 4) is 0 Å². The molecule has 0 aromatic heterocycles. The van der Waals surface area contributed by atoms with E-state index >= 15 is 0 Å². The van der Waals surface area contributed by atoms with Crippen LogP contribution < -0.4 is 0 Å². The Hall–Kier alpha value is -1.55. The molecule has 0 bridgehead atoms. The van der Waals surface area contributed by atoms with Crippen LogP contribution in [0.15, 0.2) is 0 Å². The molecule has 0 spiro atoms. The van der Waals surface area contributed by atoms with Gasteiger partial charge >= 0.3 is 12.2 Å². The summed E-state index contributed by atoms with van der Waals surface area (Å²) in [5.41, 5.74) is -1.52. The van der Waals surface area contributed by atoms with Crippen molar-refractivity contribution in [3.63, 3.8) is 0 Å². The molecule has 25 heavy (non-hydrogen) atoms. The highest BCUT2D eigenvalue weighted by atomic mass is 32.2. The van der Waals surface area contributed by atoms with E-state index in [1.807, 2.05) is 0 Å². The molecule has 1 rings (SSSR count). The number of nitrogens with zero attached hydrogens (tertiary/aromatic N) is 2. The molecule has 1 atom stereocenters. The lowest BCUT2D eigenvalue weighted by Crippen LogP contribution is -2.59. The number of hydrogen-bond acceptors (Lipinski definition) is 7. The molecule has 0 radical (unpaired) electrons. The number of ether oxygens (including phenoxy) is 2. The summed E-state index contributed by atoms with van der Waals surface area (Å²) in [7, 11) is -3.69. The van der Waals surface area contributed by atoms with Gasteiger partial charge in [-0.1, -0.05) is 0 Å². The molecule has 146 valence electrons. The van der Waals surface area contributed by atoms with E-state index in [-0.39, 0.29) is 19.5 Å². The third kappa shape index (κ3) is 7.91. The van der Waals surface area contributed by atoms with E-state index in [1.54, 1.807) is 41.5 Å². The Morgan fingerprint density at radius 1 is 0.920 bits per heavy atom. The van der Waals surface area contributed by atoms with Crippen LogP contribution in [0.1, 0.15) is 48.0 Å². The first-order chi connectivity index (χ1) is 11.1. The van der Waals surface area contributed by atoms with Gasteiger partial charge in [-0.25, -0.2) is 19.6 Å². The first kappa shape index (κ1) is 21.5. The minimum absolute atomic E-state index is 0.0638. The van der Waals surface area contributed by atoms with Gasteiger partial charge in [0.1, 0.15) is 11.2 Å². The zero-order valence-corrected chi connectivity index (χ0v) is 16.7. The molecule has 1 aliphatic rings. The van der Waals surface area contributed by atoms with E-state index < -0.39 is 39.6 Å². The highest BCUT2D eigenvalue weighted by Gasteiger charge is 2.39. The van der Waals surface area contributed by atoms with Gasteiger partial charge in [0.05, 0.1) is 18.9 Å². The van der Waals surface area contributed by atoms with Gasteiger partial charge in [0.15, 0.2) is 0 Å². The fourth-order valence-corrected chi connectivity index (χ4v) is 2.74. The van der Waals surface area contributed by atoms with Gasteiger partial charge < -0.3 is 9.47 Å². The van der Waals surface area contributed by atoms with Crippen molar-refractivity contribution in [1.82, 2.24) is 10.0 Å². The lowest BCUT2D eigenvalue weighted by atomic mass is 10.2. The van der Waals surface area contributed by atoms with Gasteiger partial charge in [0, 0.05) is 6.54 Å². The standard InChI is InChI=1S/C15H28N2O7S/c1-14(2,3)22-12(18)16-9-8-11(24-25(7,20)21)10-17(16)13(19)23-15(4,5)6/h11H,8-10H2,1-7H3/t11-/m0/s1. The molecular weight excluding hydrogens is 352 g/mol. The summed E-state index contributed by atoms with van der Waals surface area (Å²) in [6.45, 7) is 10.1. The largest absolute Gasteiger partial charge is 0.442 e. The Balaban J connectivity index is 2.98. The van der Waals surface area contributed by atoms with Crippen LogP contribution in [0.5, 0.6) is 0 Å². The minimum Gasteiger partial charge on any atom is -0.442 e. The third-order valence-corrected chi connectivity index (χ3v) is 3.47. The van der Waals surface area contributed by atoms with E-state index in [1.165, 1.54) is 0 Å². The van der Waals surface area contributed by atoms with Gasteiger partial charge in [-0.05, 0) is 48.0 Å². The number of hydrazine groups is 1. The zero-order chi connectivity index (χ0) is 19.6. The van der Waals surface area contributed by atoms with E-state index in [0.29, 0.717) is 0 Å². The molecule has 0 aromatic rings. The number of carbonyl (C=O) groups excluding carboxylic acids is 2. The van der Waals surface area contributed by atoms with Crippen molar-refractivity contribution in [3.05, 3.63) is 0 Å². The van der Waals surface area contributed by atoms with Gasteiger partial charge in [0.25, 0.3) is 10.1 Å². The second kappa shape index (κ2) is 7.36. The molecule has 1 heterocycles. The lowest BCUT2D eigenvalue weighted by molar-refractivity contribution is -0.0919. The first-order valence-corrected chi connectivity index (χ1v) is 9.78. The fraction of sp³-hybridized carbons (Fsp3) is 0.867. The molecule has 0 unspecified atom stereocenters. The predicted molar refractivity (Wildman–Crippen MR) is 90.2 cm³/mol. The maximum atomic E-state index is 12.5. The van der Waals surface area contributed by atoms with E-state index in [2.05, 4.69) is 0 Å². The fourth-order valence-electron chi connectivity index (χ4n) is 2.09. The summed E-state index contributed by atoms with van der Waals surface area (Å²) in [5.74, 6) is 0. The first-order valence-electron chi connectivity index (χ1n) is 7.96. The summed E-state index contributed by atoms with van der Waals surface area (Å²) in [6, 6.07) is 0. The minimum atomic E-state index is -3.69. The SMILES string of the molecule is CC(C)(C)OC(=O)N1CC[C@H](OS(C)(=O)=O)CN1C(=O)OC(C)(C)C. The molecule has 0 saturated carbocycles. The molecule has 9 nitrogen and oxygen atoms in total. The smallest absolute Gasteiger partial charge is 0.429 e. The Labute approximate surface area is 149 Å². The van der Waals surface area contributed by atoms with Gasteiger partial charge in [-0.15, -0.1) is 0 Å². The predicted octanol–water partition coefficient (Wildman–Crippen LogP) is 2.12. The van der Waals surface area contributed by atoms with Crippen molar-refractivity contribution < 1.29 is 31.7 Å². The molecule has 10 heteroatoms. The van der Waals surface area contributed by atoms with Crippen LogP contribution in [0, 0.1) is 0 Å². The van der Waals surface area contributed by atoms with Gasteiger partial charge in [0.2, 0.25) is 0 Å². The molecular formula is C15H28N2O7S. The topological polar surface area (TPSA) is 102 Å². The van der Waals surface area contributed by atoms with Crippen molar-refractivity contribution in [2.45, 2.75) is 65.3 Å². The van der Waals surface area contributed by atoms with Crippen LogP contribution in [-0.2, 0) is 23.8 Å². The van der Waals surface area contributed by atoms with Crippen LogP contribution in [0.4, 0.5) is 9.59 Å². The maximum absolute atomic E-state index is 12.5. The van der Waals surface area contributed by atoms with Gasteiger partial charge in [-0.3, -0.25) is 4.18 Å². The summed E-state index contributed by atoms with van der Waals surface area (Å²) >= 11 is 0. The second-order valence-corrected chi connectivity index (χ2v) is 9.48. The van der Waals surface area contributed by atoms with Crippen LogP contribution in [0.25, 0.3) is 0 Å². The average Bonchev–Trinajstić information content (AvgIpc) is 2.32. The van der Waals surface area contributed by atoms with Gasteiger partial charge in [-0.2, -0.15) is 8.42 Å². The molecule has 0 N–H and O–H groups in total. The molecule has 0 aromatic carbocycles. The lowest BCUT2D eigenvalue weighted by Gasteiger charge is -2.41. The second-order valence-electron chi connectivity index (χ2n) is 7.88. The highest BCUT2D eigenvalue weighted by Crippen LogP contribution is 2.21. The van der Waals surface area contributed by atoms with Crippen molar-refractivity contribution in [2.75, 3.05) is 19.3 Å². The number of rotatable bonds is 2. The van der Waals surface area contributed by atoms with Crippen LogP contribution in [0.3, 0.4) is 0 Å². The number of amides is 2. The van der Waals surface area contributed by atoms with E-state index in [4.69, 9.17) is 13.7 Å². The Kier molecular flexibility index (Phi) is 6.33. The highest BCUT2D eigenvalue weighted by molar-refractivity contribution is 7.86. The number of hydrogen-bond donors (Lipinski definition) is 0. The van der Waals surface area contributed by atoms with Crippen molar-refractivity contribution in [1.29, 1.82) is 0 Å². The van der Waals surface area contributed by atoms with Crippen molar-refractivity contribution >= 4 is 22.3 Å². The molecule has 1 saturated heterocycles. The van der Waals surface area contributed by atoms with Crippen LogP contribution in [-0.4, -0.2) is 67.3 Å². The monoisotopic (exact) mass is 380 g/mol. The Morgan fingerprint density at radius 2 is 1.36 bits per heavy atom. The average molecular weight is 380 g/mol. The normalized spacial score (nSPS) is 19.6. The molecule has 1 aliphatic heterocycles. The summed E-state index contributed by atoms with van der Waals surface area (Å²) in [5, 5.41) is 2.14. The quantitative estimate of drug-likeness (QED) is 0.676. The van der Waals surface area contributed by atoms with E-state index in [9.17, 15) is 18.0 Å². The molecule has 2 amide bonds. The molecule has 0 aliphatic carbocycles.